The number of aliphatic carboxylic acids is 1. The fraction of sp³-hybridized carbons (Fsp3) is 0.423. The van der Waals surface area contributed by atoms with Crippen molar-refractivity contribution in [3.05, 3.63) is 46.5 Å². The van der Waals surface area contributed by atoms with Crippen molar-refractivity contribution in [1.29, 1.82) is 0 Å². The van der Waals surface area contributed by atoms with Gasteiger partial charge < -0.3 is 19.9 Å². The van der Waals surface area contributed by atoms with E-state index in [0.717, 1.165) is 39.3 Å². The standard InChI is InChI=1S/C26H33NO4/c1-16(26(28)29)15-22-17(2)25(31-5)23(18(3)24(22)30-4)19-11-13-21(14-12-19)27-20-9-7-6-8-10-20/h11-15,20,27H,6-10H2,1-5H3,(H,28,29). The van der Waals surface area contributed by atoms with Crippen LogP contribution in [-0.2, 0) is 4.79 Å². The van der Waals surface area contributed by atoms with Crippen molar-refractivity contribution in [2.75, 3.05) is 19.5 Å². The zero-order valence-corrected chi connectivity index (χ0v) is 19.2. The van der Waals surface area contributed by atoms with E-state index in [1.807, 2.05) is 13.8 Å². The maximum atomic E-state index is 11.4. The van der Waals surface area contributed by atoms with Crippen LogP contribution >= 0.6 is 0 Å². The van der Waals surface area contributed by atoms with Gasteiger partial charge in [-0.1, -0.05) is 31.4 Å². The minimum atomic E-state index is -0.955. The lowest BCUT2D eigenvalue weighted by Gasteiger charge is -2.24. The summed E-state index contributed by atoms with van der Waals surface area (Å²) >= 11 is 0. The summed E-state index contributed by atoms with van der Waals surface area (Å²) in [4.78, 5) is 11.4. The summed E-state index contributed by atoms with van der Waals surface area (Å²) in [7, 11) is 3.26. The highest BCUT2D eigenvalue weighted by molar-refractivity contribution is 5.93. The molecule has 2 N–H and O–H groups in total. The van der Waals surface area contributed by atoms with Gasteiger partial charge >= 0.3 is 5.97 Å². The number of carboxylic acids is 1. The number of hydrogen-bond donors (Lipinski definition) is 2. The molecule has 0 aromatic heterocycles. The van der Waals surface area contributed by atoms with E-state index in [2.05, 4.69) is 29.6 Å². The molecule has 5 heteroatoms. The second-order valence-corrected chi connectivity index (χ2v) is 8.29. The smallest absolute Gasteiger partial charge is 0.331 e. The van der Waals surface area contributed by atoms with Gasteiger partial charge in [-0.05, 0) is 57.4 Å². The van der Waals surface area contributed by atoms with Crippen LogP contribution < -0.4 is 14.8 Å². The molecular formula is C26H33NO4. The first-order valence-electron chi connectivity index (χ1n) is 10.9. The van der Waals surface area contributed by atoms with Gasteiger partial charge in [-0.2, -0.15) is 0 Å². The third-order valence-corrected chi connectivity index (χ3v) is 6.19. The number of methoxy groups -OCH3 is 2. The van der Waals surface area contributed by atoms with Crippen molar-refractivity contribution in [2.24, 2.45) is 0 Å². The van der Waals surface area contributed by atoms with Crippen LogP contribution in [0.2, 0.25) is 0 Å². The summed E-state index contributed by atoms with van der Waals surface area (Å²) in [5.74, 6) is 0.442. The van der Waals surface area contributed by atoms with Gasteiger partial charge in [-0.3, -0.25) is 0 Å². The average molecular weight is 424 g/mol. The minimum absolute atomic E-state index is 0.244. The Morgan fingerprint density at radius 1 is 1.00 bits per heavy atom. The molecule has 1 aliphatic rings. The summed E-state index contributed by atoms with van der Waals surface area (Å²) in [6.45, 7) is 5.50. The largest absolute Gasteiger partial charge is 0.496 e. The molecule has 0 radical (unpaired) electrons. The van der Waals surface area contributed by atoms with Crippen LogP contribution in [0.4, 0.5) is 5.69 Å². The normalized spacial score (nSPS) is 14.9. The molecule has 1 fully saturated rings. The van der Waals surface area contributed by atoms with E-state index in [0.29, 0.717) is 11.8 Å². The summed E-state index contributed by atoms with van der Waals surface area (Å²) < 4.78 is 11.5. The Kier molecular flexibility index (Phi) is 7.26. The molecule has 0 amide bonds. The van der Waals surface area contributed by atoms with Crippen molar-refractivity contribution in [3.63, 3.8) is 0 Å². The molecule has 0 heterocycles. The van der Waals surface area contributed by atoms with Gasteiger partial charge in [-0.15, -0.1) is 0 Å². The van der Waals surface area contributed by atoms with Crippen molar-refractivity contribution in [3.8, 4) is 22.6 Å². The number of rotatable bonds is 7. The Morgan fingerprint density at radius 2 is 1.61 bits per heavy atom. The van der Waals surface area contributed by atoms with Crippen molar-refractivity contribution in [2.45, 2.75) is 58.9 Å². The molecule has 3 rings (SSSR count). The maximum absolute atomic E-state index is 11.4. The van der Waals surface area contributed by atoms with Gasteiger partial charge in [0, 0.05) is 39.6 Å². The van der Waals surface area contributed by atoms with Gasteiger partial charge in [-0.25, -0.2) is 4.79 Å². The molecule has 31 heavy (non-hydrogen) atoms. The highest BCUT2D eigenvalue weighted by atomic mass is 16.5. The zero-order valence-electron chi connectivity index (χ0n) is 19.2. The van der Waals surface area contributed by atoms with E-state index in [-0.39, 0.29) is 5.57 Å². The molecular weight excluding hydrogens is 390 g/mol. The average Bonchev–Trinajstić information content (AvgIpc) is 2.77. The molecule has 1 aliphatic carbocycles. The van der Waals surface area contributed by atoms with Gasteiger partial charge in [0.15, 0.2) is 0 Å². The van der Waals surface area contributed by atoms with Crippen LogP contribution in [0.25, 0.3) is 17.2 Å². The summed E-state index contributed by atoms with van der Waals surface area (Å²) in [5.41, 5.74) is 5.88. The van der Waals surface area contributed by atoms with Crippen LogP contribution in [0, 0.1) is 13.8 Å². The number of nitrogens with one attached hydrogen (secondary N) is 1. The van der Waals surface area contributed by atoms with Gasteiger partial charge in [0.2, 0.25) is 0 Å². The number of carbonyl (C=O) groups is 1. The van der Waals surface area contributed by atoms with Crippen molar-refractivity contribution >= 4 is 17.7 Å². The number of benzene rings is 2. The van der Waals surface area contributed by atoms with Crippen LogP contribution in [-0.4, -0.2) is 31.3 Å². The highest BCUT2D eigenvalue weighted by Gasteiger charge is 2.22. The van der Waals surface area contributed by atoms with E-state index in [9.17, 15) is 9.90 Å². The van der Waals surface area contributed by atoms with Gasteiger partial charge in [0.05, 0.1) is 14.2 Å². The molecule has 5 nitrogen and oxygen atoms in total. The van der Waals surface area contributed by atoms with E-state index >= 15 is 0 Å². The SMILES string of the molecule is COc1c(C)c(-c2ccc(NC3CCCCC3)cc2)c(OC)c(C)c1C=C(C)C(=O)O. The van der Waals surface area contributed by atoms with E-state index in [4.69, 9.17) is 9.47 Å². The van der Waals surface area contributed by atoms with E-state index in [1.165, 1.54) is 32.1 Å². The van der Waals surface area contributed by atoms with Crippen LogP contribution in [0.5, 0.6) is 11.5 Å². The first kappa shape index (κ1) is 22.7. The molecule has 166 valence electrons. The predicted molar refractivity (Wildman–Crippen MR) is 126 cm³/mol. The lowest BCUT2D eigenvalue weighted by atomic mass is 9.91. The van der Waals surface area contributed by atoms with Crippen molar-refractivity contribution < 1.29 is 19.4 Å². The highest BCUT2D eigenvalue weighted by Crippen LogP contribution is 2.44. The lowest BCUT2D eigenvalue weighted by Crippen LogP contribution is -2.22. The van der Waals surface area contributed by atoms with Crippen LogP contribution in [0.15, 0.2) is 29.8 Å². The number of ether oxygens (including phenoxy) is 2. The van der Waals surface area contributed by atoms with Crippen molar-refractivity contribution in [1.82, 2.24) is 0 Å². The van der Waals surface area contributed by atoms with Crippen LogP contribution in [0.1, 0.15) is 55.7 Å². The Balaban J connectivity index is 2.03. The molecule has 1 saturated carbocycles. The maximum Gasteiger partial charge on any atom is 0.331 e. The predicted octanol–water partition coefficient (Wildman–Crippen LogP) is 6.22. The number of carboxylic acid groups (broad SMARTS) is 1. The Hall–Kier alpha value is -2.95. The first-order chi connectivity index (χ1) is 14.9. The third kappa shape index (κ3) is 4.87. The quantitative estimate of drug-likeness (QED) is 0.518. The lowest BCUT2D eigenvalue weighted by molar-refractivity contribution is -0.132. The fourth-order valence-electron chi connectivity index (χ4n) is 4.50. The molecule has 0 aliphatic heterocycles. The molecule has 0 unspecified atom stereocenters. The van der Waals surface area contributed by atoms with Gasteiger partial charge in [0.25, 0.3) is 0 Å². The Morgan fingerprint density at radius 3 is 2.16 bits per heavy atom. The molecule has 2 aromatic carbocycles. The Labute approximate surface area is 185 Å². The molecule has 2 aromatic rings. The summed E-state index contributed by atoms with van der Waals surface area (Å²) in [6, 6.07) is 9.00. The monoisotopic (exact) mass is 423 g/mol. The number of hydrogen-bond acceptors (Lipinski definition) is 4. The molecule has 0 saturated heterocycles. The summed E-state index contributed by atoms with van der Waals surface area (Å²) in [6.07, 6.45) is 8.05. The molecule has 0 spiro atoms. The van der Waals surface area contributed by atoms with Gasteiger partial charge in [0.1, 0.15) is 11.5 Å². The summed E-state index contributed by atoms with van der Waals surface area (Å²) in [5, 5.41) is 13.0. The Bertz CT molecular complexity index is 970. The second-order valence-electron chi connectivity index (χ2n) is 8.29. The third-order valence-electron chi connectivity index (χ3n) is 6.19. The second kappa shape index (κ2) is 9.90. The van der Waals surface area contributed by atoms with E-state index in [1.54, 1.807) is 27.2 Å². The zero-order chi connectivity index (χ0) is 22.5. The van der Waals surface area contributed by atoms with E-state index < -0.39 is 5.97 Å². The number of anilines is 1. The first-order valence-corrected chi connectivity index (χ1v) is 10.9. The molecule has 0 atom stereocenters. The fourth-order valence-corrected chi connectivity index (χ4v) is 4.50. The minimum Gasteiger partial charge on any atom is -0.496 e. The topological polar surface area (TPSA) is 67.8 Å². The van der Waals surface area contributed by atoms with Crippen LogP contribution in [0.3, 0.4) is 0 Å². The molecule has 0 bridgehead atoms.